The molecule has 6 nitrogen and oxygen atoms in total. The number of thiocarbonyl (C=S) groups is 1. The summed E-state index contributed by atoms with van der Waals surface area (Å²) in [5.41, 5.74) is 0.917. The van der Waals surface area contributed by atoms with Gasteiger partial charge < -0.3 is 19.7 Å². The molecular formula is C17H24N2O4S2. The number of rotatable bonds is 5. The average molecular weight is 385 g/mol. The first-order valence-electron chi connectivity index (χ1n) is 8.53. The minimum absolute atomic E-state index is 0.263. The van der Waals surface area contributed by atoms with Crippen LogP contribution in [0, 0.1) is 6.92 Å². The molecule has 1 saturated heterocycles. The van der Waals surface area contributed by atoms with E-state index >= 15 is 0 Å². The third-order valence-electron chi connectivity index (χ3n) is 3.95. The van der Waals surface area contributed by atoms with Crippen molar-refractivity contribution in [3.63, 3.8) is 0 Å². The van der Waals surface area contributed by atoms with Gasteiger partial charge >= 0.3 is 11.9 Å². The van der Waals surface area contributed by atoms with E-state index in [0.29, 0.717) is 26.1 Å². The first-order chi connectivity index (χ1) is 12.0. The van der Waals surface area contributed by atoms with Crippen LogP contribution in [0.5, 0.6) is 0 Å². The summed E-state index contributed by atoms with van der Waals surface area (Å²) in [6.45, 7) is 7.56. The van der Waals surface area contributed by atoms with Crippen molar-refractivity contribution in [2.45, 2.75) is 40.0 Å². The second-order valence-corrected chi connectivity index (χ2v) is 7.09. The van der Waals surface area contributed by atoms with Crippen LogP contribution in [0.25, 0.3) is 0 Å². The number of carbonyl (C=O) groups excluding carboxylic acids is 2. The zero-order chi connectivity index (χ0) is 18.4. The molecule has 0 unspecified atom stereocenters. The third-order valence-corrected chi connectivity index (χ3v) is 5.50. The van der Waals surface area contributed by atoms with Gasteiger partial charge in [0.05, 0.1) is 18.8 Å². The van der Waals surface area contributed by atoms with E-state index in [4.69, 9.17) is 21.7 Å². The van der Waals surface area contributed by atoms with Gasteiger partial charge in [-0.25, -0.2) is 9.59 Å². The van der Waals surface area contributed by atoms with Gasteiger partial charge in [-0.3, -0.25) is 0 Å². The maximum Gasteiger partial charge on any atom is 0.348 e. The molecule has 25 heavy (non-hydrogen) atoms. The number of thiophene rings is 1. The molecule has 2 heterocycles. The Balaban J connectivity index is 2.30. The number of anilines is 1. The molecule has 1 aliphatic heterocycles. The Labute approximate surface area is 157 Å². The van der Waals surface area contributed by atoms with Gasteiger partial charge in [-0.1, -0.05) is 0 Å². The van der Waals surface area contributed by atoms with Gasteiger partial charge in [-0.2, -0.15) is 0 Å². The minimum Gasteiger partial charge on any atom is -0.462 e. The third kappa shape index (κ3) is 4.70. The smallest absolute Gasteiger partial charge is 0.348 e. The Morgan fingerprint density at radius 3 is 2.32 bits per heavy atom. The topological polar surface area (TPSA) is 67.9 Å². The molecule has 1 aromatic rings. The molecule has 0 radical (unpaired) electrons. The van der Waals surface area contributed by atoms with Crippen LogP contribution in [-0.4, -0.2) is 48.3 Å². The number of ether oxygens (including phenoxy) is 2. The molecule has 0 amide bonds. The molecule has 1 N–H and O–H groups in total. The summed E-state index contributed by atoms with van der Waals surface area (Å²) in [7, 11) is 0. The predicted molar refractivity (Wildman–Crippen MR) is 103 cm³/mol. The summed E-state index contributed by atoms with van der Waals surface area (Å²) >= 11 is 6.67. The van der Waals surface area contributed by atoms with Crippen LogP contribution in [0.3, 0.4) is 0 Å². The SMILES string of the molecule is CCOC(=O)c1sc(NC(=S)N2CCCCC2)c(C(=O)OCC)c1C. The van der Waals surface area contributed by atoms with Gasteiger partial charge in [0, 0.05) is 13.1 Å². The average Bonchev–Trinajstić information content (AvgIpc) is 2.92. The van der Waals surface area contributed by atoms with E-state index in [1.165, 1.54) is 17.8 Å². The fraction of sp³-hybridized carbons (Fsp3) is 0.588. The molecular weight excluding hydrogens is 360 g/mol. The standard InChI is InChI=1S/C17H24N2O4S2/c1-4-22-15(20)12-11(3)13(16(21)23-5-2)25-14(12)18-17(24)19-9-7-6-8-10-19/h4-10H2,1-3H3,(H,18,24). The molecule has 0 spiro atoms. The fourth-order valence-electron chi connectivity index (χ4n) is 2.72. The number of nitrogens with zero attached hydrogens (tertiary/aromatic N) is 1. The fourth-order valence-corrected chi connectivity index (χ4v) is 4.15. The van der Waals surface area contributed by atoms with Crippen molar-refractivity contribution in [2.75, 3.05) is 31.6 Å². The molecule has 138 valence electrons. The monoisotopic (exact) mass is 384 g/mol. The van der Waals surface area contributed by atoms with Crippen molar-refractivity contribution in [1.82, 2.24) is 4.90 Å². The second-order valence-electron chi connectivity index (χ2n) is 5.68. The molecule has 0 aromatic carbocycles. The predicted octanol–water partition coefficient (Wildman–Crippen LogP) is 3.59. The van der Waals surface area contributed by atoms with E-state index in [1.807, 2.05) is 0 Å². The summed E-state index contributed by atoms with van der Waals surface area (Å²) in [5.74, 6) is -0.900. The molecule has 0 bridgehead atoms. The molecule has 1 aromatic heterocycles. The van der Waals surface area contributed by atoms with Crippen LogP contribution < -0.4 is 5.32 Å². The molecule has 0 atom stereocenters. The largest absolute Gasteiger partial charge is 0.462 e. The lowest BCUT2D eigenvalue weighted by molar-refractivity contribution is 0.0527. The van der Waals surface area contributed by atoms with Gasteiger partial charge in [0.1, 0.15) is 9.88 Å². The summed E-state index contributed by atoms with van der Waals surface area (Å²) in [6, 6.07) is 0. The van der Waals surface area contributed by atoms with Crippen LogP contribution in [0.1, 0.15) is 58.7 Å². The number of hydrogen-bond acceptors (Lipinski definition) is 6. The first-order valence-corrected chi connectivity index (χ1v) is 9.75. The van der Waals surface area contributed by atoms with Crippen molar-refractivity contribution < 1.29 is 19.1 Å². The Bertz CT molecular complexity index is 651. The summed E-state index contributed by atoms with van der Waals surface area (Å²) in [4.78, 5) is 27.0. The molecule has 1 fully saturated rings. The van der Waals surface area contributed by atoms with E-state index < -0.39 is 11.9 Å². The van der Waals surface area contributed by atoms with Crippen molar-refractivity contribution in [3.8, 4) is 0 Å². The number of carbonyl (C=O) groups is 2. The van der Waals surface area contributed by atoms with Crippen LogP contribution in [0.15, 0.2) is 0 Å². The number of likely N-dealkylation sites (tertiary alicyclic amines) is 1. The van der Waals surface area contributed by atoms with Gasteiger partial charge in [0.2, 0.25) is 0 Å². The van der Waals surface area contributed by atoms with Gasteiger partial charge in [-0.15, -0.1) is 11.3 Å². The Kier molecular flexibility index (Phi) is 7.19. The van der Waals surface area contributed by atoms with E-state index in [9.17, 15) is 9.59 Å². The highest BCUT2D eigenvalue weighted by Crippen LogP contribution is 2.34. The number of nitrogens with one attached hydrogen (secondary N) is 1. The Morgan fingerprint density at radius 1 is 1.12 bits per heavy atom. The van der Waals surface area contributed by atoms with E-state index in [0.717, 1.165) is 25.9 Å². The van der Waals surface area contributed by atoms with Crippen molar-refractivity contribution >= 4 is 45.6 Å². The summed E-state index contributed by atoms with van der Waals surface area (Å²) in [5, 5.41) is 4.25. The highest BCUT2D eigenvalue weighted by molar-refractivity contribution is 7.80. The first kappa shape index (κ1) is 19.7. The molecule has 0 saturated carbocycles. The Morgan fingerprint density at radius 2 is 1.72 bits per heavy atom. The summed E-state index contributed by atoms with van der Waals surface area (Å²) < 4.78 is 10.2. The number of hydrogen-bond donors (Lipinski definition) is 1. The number of piperidine rings is 1. The zero-order valence-electron chi connectivity index (χ0n) is 14.8. The molecule has 2 rings (SSSR count). The number of esters is 2. The van der Waals surface area contributed by atoms with E-state index in [2.05, 4.69) is 10.2 Å². The van der Waals surface area contributed by atoms with Crippen molar-refractivity contribution in [1.29, 1.82) is 0 Å². The van der Waals surface area contributed by atoms with Crippen LogP contribution in [0.2, 0.25) is 0 Å². The summed E-state index contributed by atoms with van der Waals surface area (Å²) in [6.07, 6.45) is 3.41. The second kappa shape index (κ2) is 9.15. The molecule has 8 heteroatoms. The maximum absolute atomic E-state index is 12.4. The lowest BCUT2D eigenvalue weighted by Gasteiger charge is -2.29. The van der Waals surface area contributed by atoms with Crippen LogP contribution >= 0.6 is 23.6 Å². The Hall–Kier alpha value is -1.67. The van der Waals surface area contributed by atoms with Crippen molar-refractivity contribution in [2.24, 2.45) is 0 Å². The lowest BCUT2D eigenvalue weighted by Crippen LogP contribution is -2.38. The normalized spacial score (nSPS) is 14.1. The quantitative estimate of drug-likeness (QED) is 0.614. The highest BCUT2D eigenvalue weighted by Gasteiger charge is 2.27. The van der Waals surface area contributed by atoms with Gasteiger partial charge in [-0.05, 0) is 57.8 Å². The minimum atomic E-state index is -0.462. The van der Waals surface area contributed by atoms with E-state index in [1.54, 1.807) is 20.8 Å². The van der Waals surface area contributed by atoms with Gasteiger partial charge in [0.25, 0.3) is 0 Å². The van der Waals surface area contributed by atoms with Crippen molar-refractivity contribution in [3.05, 3.63) is 16.0 Å². The van der Waals surface area contributed by atoms with E-state index in [-0.39, 0.29) is 13.2 Å². The molecule has 0 aliphatic carbocycles. The lowest BCUT2D eigenvalue weighted by atomic mass is 10.1. The molecule has 1 aliphatic rings. The van der Waals surface area contributed by atoms with Gasteiger partial charge in [0.15, 0.2) is 5.11 Å². The van der Waals surface area contributed by atoms with Crippen LogP contribution in [0.4, 0.5) is 5.00 Å². The van der Waals surface area contributed by atoms with Crippen LogP contribution in [-0.2, 0) is 9.47 Å². The highest BCUT2D eigenvalue weighted by atomic mass is 32.1. The maximum atomic E-state index is 12.4. The zero-order valence-corrected chi connectivity index (χ0v) is 16.5.